The van der Waals surface area contributed by atoms with Crippen molar-refractivity contribution in [3.63, 3.8) is 0 Å². The number of aromatic nitrogens is 3. The van der Waals surface area contributed by atoms with E-state index in [9.17, 15) is 4.79 Å². The van der Waals surface area contributed by atoms with E-state index in [4.69, 9.17) is 23.2 Å². The zero-order valence-electron chi connectivity index (χ0n) is 17.6. The maximum absolute atomic E-state index is 12.4. The van der Waals surface area contributed by atoms with Crippen LogP contribution in [0, 0.1) is 0 Å². The molecule has 32 heavy (non-hydrogen) atoms. The predicted molar refractivity (Wildman–Crippen MR) is 130 cm³/mol. The first-order chi connectivity index (χ1) is 15.6. The van der Waals surface area contributed by atoms with Gasteiger partial charge in [0.2, 0.25) is 5.91 Å². The lowest BCUT2D eigenvalue weighted by atomic mass is 10.1. The van der Waals surface area contributed by atoms with Crippen LogP contribution in [0.4, 0.5) is 0 Å². The molecule has 1 amide bonds. The molecule has 168 valence electrons. The topological polar surface area (TPSA) is 63.1 Å². The van der Waals surface area contributed by atoms with Gasteiger partial charge in [0, 0.05) is 19.5 Å². The second-order valence-corrected chi connectivity index (χ2v) is 9.44. The maximum Gasteiger partial charge on any atom is 0.230 e. The lowest BCUT2D eigenvalue weighted by molar-refractivity contribution is -0.118. The number of nitrogens with one attached hydrogen (secondary N) is 1. The molecule has 0 unspecified atom stereocenters. The van der Waals surface area contributed by atoms with E-state index < -0.39 is 0 Å². The van der Waals surface area contributed by atoms with Crippen molar-refractivity contribution in [1.29, 1.82) is 0 Å². The number of likely N-dealkylation sites (tertiary alicyclic amines) is 1. The molecule has 6 nitrogen and oxygen atoms in total. The van der Waals surface area contributed by atoms with E-state index in [1.54, 1.807) is 12.1 Å². The Morgan fingerprint density at radius 1 is 1.03 bits per heavy atom. The van der Waals surface area contributed by atoms with Crippen LogP contribution in [-0.2, 0) is 11.2 Å². The molecule has 0 bridgehead atoms. The van der Waals surface area contributed by atoms with E-state index in [2.05, 4.69) is 32.5 Å². The normalized spacial score (nSPS) is 14.1. The number of carbonyl (C=O) groups is 1. The molecule has 0 aliphatic carbocycles. The van der Waals surface area contributed by atoms with Crippen LogP contribution in [0.25, 0.3) is 5.69 Å². The molecule has 1 N–H and O–H groups in total. The van der Waals surface area contributed by atoms with Crippen LogP contribution >= 0.6 is 35.0 Å². The second kappa shape index (κ2) is 11.2. The van der Waals surface area contributed by atoms with Gasteiger partial charge >= 0.3 is 0 Å². The van der Waals surface area contributed by atoms with Gasteiger partial charge in [-0.25, -0.2) is 0 Å². The maximum atomic E-state index is 12.4. The molecule has 1 aliphatic heterocycles. The summed E-state index contributed by atoms with van der Waals surface area (Å²) in [6.45, 7) is 3.82. The molecule has 9 heteroatoms. The van der Waals surface area contributed by atoms with Crippen LogP contribution in [0.5, 0.6) is 0 Å². The van der Waals surface area contributed by atoms with Crippen molar-refractivity contribution in [3.8, 4) is 5.69 Å². The summed E-state index contributed by atoms with van der Waals surface area (Å²) >= 11 is 13.8. The third-order valence-corrected chi connectivity index (χ3v) is 7.02. The van der Waals surface area contributed by atoms with Gasteiger partial charge in [-0.15, -0.1) is 10.2 Å². The molecule has 0 radical (unpaired) electrons. The number of carbonyl (C=O) groups excluding carboxylic acids is 1. The minimum atomic E-state index is -0.0116. The number of halogens is 2. The van der Waals surface area contributed by atoms with Crippen molar-refractivity contribution in [3.05, 3.63) is 70.0 Å². The number of amides is 1. The first-order valence-electron chi connectivity index (χ1n) is 10.7. The zero-order valence-corrected chi connectivity index (χ0v) is 20.0. The van der Waals surface area contributed by atoms with Crippen molar-refractivity contribution < 1.29 is 4.79 Å². The fourth-order valence-corrected chi connectivity index (χ4v) is 4.80. The predicted octanol–water partition coefficient (Wildman–Crippen LogP) is 4.47. The molecule has 1 aromatic heterocycles. The molecule has 0 saturated carbocycles. The third-order valence-electron chi connectivity index (χ3n) is 5.35. The first kappa shape index (κ1) is 23.1. The molecule has 3 aromatic rings. The lowest BCUT2D eigenvalue weighted by Crippen LogP contribution is -2.34. The molecule has 0 atom stereocenters. The molecule has 1 fully saturated rings. The Morgan fingerprint density at radius 3 is 2.56 bits per heavy atom. The highest BCUT2D eigenvalue weighted by Crippen LogP contribution is 2.28. The van der Waals surface area contributed by atoms with Crippen LogP contribution in [-0.4, -0.2) is 57.5 Å². The monoisotopic (exact) mass is 489 g/mol. The van der Waals surface area contributed by atoms with Gasteiger partial charge in [0.1, 0.15) is 5.82 Å². The van der Waals surface area contributed by atoms with E-state index in [1.165, 1.54) is 24.6 Å². The van der Waals surface area contributed by atoms with Crippen LogP contribution in [0.2, 0.25) is 10.0 Å². The largest absolute Gasteiger partial charge is 0.354 e. The van der Waals surface area contributed by atoms with Gasteiger partial charge in [0.25, 0.3) is 0 Å². The van der Waals surface area contributed by atoms with Gasteiger partial charge in [-0.3, -0.25) is 9.36 Å². The highest BCUT2D eigenvalue weighted by atomic mass is 35.5. The highest BCUT2D eigenvalue weighted by Gasteiger charge is 2.17. The van der Waals surface area contributed by atoms with Gasteiger partial charge < -0.3 is 10.2 Å². The number of benzene rings is 2. The van der Waals surface area contributed by atoms with E-state index >= 15 is 0 Å². The van der Waals surface area contributed by atoms with Gasteiger partial charge in [-0.1, -0.05) is 65.3 Å². The summed E-state index contributed by atoms with van der Waals surface area (Å²) in [4.78, 5) is 14.8. The Bertz CT molecular complexity index is 1050. The molecule has 2 aromatic carbocycles. The minimum absolute atomic E-state index is 0.0116. The van der Waals surface area contributed by atoms with E-state index in [0.717, 1.165) is 36.7 Å². The van der Waals surface area contributed by atoms with Gasteiger partial charge in [0.15, 0.2) is 5.16 Å². The summed E-state index contributed by atoms with van der Waals surface area (Å²) in [5.74, 6) is 1.03. The van der Waals surface area contributed by atoms with Gasteiger partial charge in [-0.05, 0) is 49.7 Å². The standard InChI is InChI=1S/C23H25Cl2N5OS/c24-19-9-8-18(15-20(19)25)30-21(14-17-6-2-1-3-7-17)27-28-23(30)32-16-22(31)26-10-13-29-11-4-5-12-29/h1-3,6-9,15H,4-5,10-14,16H2,(H,26,31). The van der Waals surface area contributed by atoms with Gasteiger partial charge in [-0.2, -0.15) is 0 Å². The minimum Gasteiger partial charge on any atom is -0.354 e. The van der Waals surface area contributed by atoms with E-state index in [-0.39, 0.29) is 11.7 Å². The van der Waals surface area contributed by atoms with E-state index in [1.807, 2.05) is 28.8 Å². The SMILES string of the molecule is O=C(CSc1nnc(Cc2ccccc2)n1-c1ccc(Cl)c(Cl)c1)NCCN1CCCC1. The smallest absolute Gasteiger partial charge is 0.230 e. The summed E-state index contributed by atoms with van der Waals surface area (Å²) in [5, 5.41) is 13.4. The molecule has 0 spiro atoms. The summed E-state index contributed by atoms with van der Waals surface area (Å²) in [5.41, 5.74) is 1.93. The van der Waals surface area contributed by atoms with Crippen LogP contribution in [0.15, 0.2) is 53.7 Å². The average Bonchev–Trinajstić information content (AvgIpc) is 3.45. The first-order valence-corrected chi connectivity index (χ1v) is 12.4. The lowest BCUT2D eigenvalue weighted by Gasteiger charge is -2.14. The summed E-state index contributed by atoms with van der Waals surface area (Å²) in [7, 11) is 0. The van der Waals surface area contributed by atoms with Crippen molar-refractivity contribution in [2.24, 2.45) is 0 Å². The van der Waals surface area contributed by atoms with Crippen molar-refractivity contribution >= 4 is 40.9 Å². The highest BCUT2D eigenvalue weighted by molar-refractivity contribution is 7.99. The number of nitrogens with zero attached hydrogens (tertiary/aromatic N) is 4. The molecule has 1 aliphatic rings. The van der Waals surface area contributed by atoms with Crippen LogP contribution in [0.3, 0.4) is 0 Å². The Kier molecular flexibility index (Phi) is 8.08. The molecular weight excluding hydrogens is 465 g/mol. The summed E-state index contributed by atoms with van der Waals surface area (Å²) < 4.78 is 1.94. The van der Waals surface area contributed by atoms with Crippen molar-refractivity contribution in [2.45, 2.75) is 24.4 Å². The zero-order chi connectivity index (χ0) is 22.3. The molecular formula is C23H25Cl2N5OS. The van der Waals surface area contributed by atoms with Crippen molar-refractivity contribution in [1.82, 2.24) is 25.0 Å². The van der Waals surface area contributed by atoms with E-state index in [0.29, 0.717) is 28.2 Å². The Morgan fingerprint density at radius 2 is 1.81 bits per heavy atom. The number of thioether (sulfide) groups is 1. The molecule has 1 saturated heterocycles. The van der Waals surface area contributed by atoms with Crippen LogP contribution < -0.4 is 5.32 Å². The van der Waals surface area contributed by atoms with Crippen LogP contribution in [0.1, 0.15) is 24.2 Å². The summed E-state index contributed by atoms with van der Waals surface area (Å²) in [6, 6.07) is 15.5. The Hall–Kier alpha value is -2.06. The van der Waals surface area contributed by atoms with Gasteiger partial charge in [0.05, 0.1) is 21.5 Å². The average molecular weight is 490 g/mol. The third kappa shape index (κ3) is 6.04. The summed E-state index contributed by atoms with van der Waals surface area (Å²) in [6.07, 6.45) is 3.11. The Balaban J connectivity index is 1.46. The second-order valence-electron chi connectivity index (χ2n) is 7.68. The number of hydrogen-bond acceptors (Lipinski definition) is 5. The fourth-order valence-electron chi connectivity index (χ4n) is 3.71. The molecule has 4 rings (SSSR count). The van der Waals surface area contributed by atoms with Crippen molar-refractivity contribution in [2.75, 3.05) is 31.9 Å². The fraction of sp³-hybridized carbons (Fsp3) is 0.348. The Labute approximate surface area is 202 Å². The number of hydrogen-bond donors (Lipinski definition) is 1. The molecule has 2 heterocycles. The quantitative estimate of drug-likeness (QED) is 0.449. The number of rotatable bonds is 9.